The molecule has 0 spiro atoms. The zero-order chi connectivity index (χ0) is 17.0. The highest BCUT2D eigenvalue weighted by Gasteiger charge is 2.33. The molecule has 0 saturated carbocycles. The molecule has 2 rings (SSSR count). The lowest BCUT2D eigenvalue weighted by Crippen LogP contribution is -2.09. The summed E-state index contributed by atoms with van der Waals surface area (Å²) >= 11 is 0. The number of nitriles is 1. The Morgan fingerprint density at radius 3 is 2.39 bits per heavy atom. The van der Waals surface area contributed by atoms with Crippen molar-refractivity contribution in [1.82, 2.24) is 4.98 Å². The van der Waals surface area contributed by atoms with E-state index in [0.29, 0.717) is 0 Å². The zero-order valence-corrected chi connectivity index (χ0v) is 14.6. The molecule has 1 heterocycles. The van der Waals surface area contributed by atoms with Crippen LogP contribution in [0.15, 0.2) is 35.8 Å². The van der Waals surface area contributed by atoms with Gasteiger partial charge in [0.25, 0.3) is 0 Å². The number of aromatic amines is 1. The van der Waals surface area contributed by atoms with Gasteiger partial charge in [0.2, 0.25) is 0 Å². The monoisotopic (exact) mass is 332 g/mol. The van der Waals surface area contributed by atoms with Crippen LogP contribution in [0.1, 0.15) is 33.3 Å². The Hall–Kier alpha value is -1.86. The van der Waals surface area contributed by atoms with E-state index in [4.69, 9.17) is 9.05 Å². The molecule has 23 heavy (non-hydrogen) atoms. The van der Waals surface area contributed by atoms with Crippen LogP contribution in [0.5, 0.6) is 0 Å². The molecular formula is C17H21N2O3P. The summed E-state index contributed by atoms with van der Waals surface area (Å²) in [5.74, 6) is 0. The van der Waals surface area contributed by atoms with E-state index in [0.717, 1.165) is 16.5 Å². The van der Waals surface area contributed by atoms with Crippen molar-refractivity contribution < 1.29 is 13.6 Å². The molecule has 0 radical (unpaired) electrons. The van der Waals surface area contributed by atoms with Crippen LogP contribution in [-0.4, -0.2) is 17.2 Å². The van der Waals surface area contributed by atoms with Crippen LogP contribution in [0.25, 0.3) is 17.0 Å². The second kappa shape index (κ2) is 7.14. The van der Waals surface area contributed by atoms with Crippen molar-refractivity contribution in [3.05, 3.63) is 41.3 Å². The highest BCUT2D eigenvalue weighted by molar-refractivity contribution is 7.59. The van der Waals surface area contributed by atoms with Crippen molar-refractivity contribution >= 4 is 24.6 Å². The molecule has 1 aromatic carbocycles. The molecule has 0 saturated heterocycles. The third kappa shape index (κ3) is 4.11. The summed E-state index contributed by atoms with van der Waals surface area (Å²) in [6.07, 6.45) is 2.71. The van der Waals surface area contributed by atoms with Crippen molar-refractivity contribution in [2.24, 2.45) is 0 Å². The molecule has 1 aromatic heterocycles. The van der Waals surface area contributed by atoms with Gasteiger partial charge < -0.3 is 14.0 Å². The van der Waals surface area contributed by atoms with Gasteiger partial charge in [-0.15, -0.1) is 0 Å². The molecule has 0 atom stereocenters. The van der Waals surface area contributed by atoms with Crippen molar-refractivity contribution in [1.29, 1.82) is 5.26 Å². The Kier molecular flexibility index (Phi) is 5.43. The number of allylic oxidation sites excluding steroid dienone is 1. The van der Waals surface area contributed by atoms with Gasteiger partial charge in [-0.3, -0.25) is 4.57 Å². The fourth-order valence-electron chi connectivity index (χ4n) is 2.23. The largest absolute Gasteiger partial charge is 0.372 e. The van der Waals surface area contributed by atoms with Gasteiger partial charge >= 0.3 is 7.60 Å². The van der Waals surface area contributed by atoms with Crippen molar-refractivity contribution in [3.8, 4) is 6.07 Å². The van der Waals surface area contributed by atoms with Crippen LogP contribution < -0.4 is 0 Å². The topological polar surface area (TPSA) is 75.1 Å². The lowest BCUT2D eigenvalue weighted by molar-refractivity contribution is 0.148. The Morgan fingerprint density at radius 2 is 1.83 bits per heavy atom. The maximum Gasteiger partial charge on any atom is 0.372 e. The van der Waals surface area contributed by atoms with Crippen molar-refractivity contribution in [3.63, 3.8) is 0 Å². The lowest BCUT2D eigenvalue weighted by Gasteiger charge is -2.22. The minimum absolute atomic E-state index is 0.00431. The van der Waals surface area contributed by atoms with E-state index in [1.165, 1.54) is 0 Å². The third-order valence-electron chi connectivity index (χ3n) is 3.02. The van der Waals surface area contributed by atoms with E-state index in [-0.39, 0.29) is 17.5 Å². The number of nitrogens with zero attached hydrogens (tertiary/aromatic N) is 1. The number of rotatable bonds is 6. The molecule has 0 bridgehead atoms. The number of fused-ring (bicyclic) bond motifs is 1. The number of benzene rings is 1. The van der Waals surface area contributed by atoms with Crippen LogP contribution in [0, 0.1) is 11.3 Å². The zero-order valence-electron chi connectivity index (χ0n) is 13.7. The Labute approximate surface area is 136 Å². The Balaban J connectivity index is 2.50. The van der Waals surface area contributed by atoms with Gasteiger partial charge in [0.05, 0.1) is 12.2 Å². The average molecular weight is 332 g/mol. The first-order valence-corrected chi connectivity index (χ1v) is 9.05. The average Bonchev–Trinajstić information content (AvgIpc) is 2.86. The van der Waals surface area contributed by atoms with E-state index >= 15 is 0 Å². The fraction of sp³-hybridized carbons (Fsp3) is 0.353. The molecule has 6 heteroatoms. The molecule has 1 N–H and O–H groups in total. The molecular weight excluding hydrogens is 311 g/mol. The number of nitrogens with one attached hydrogen (secondary N) is 1. The Morgan fingerprint density at radius 1 is 1.22 bits per heavy atom. The third-order valence-corrected chi connectivity index (χ3v) is 5.24. The SMILES string of the molecule is CC(C)OP(=O)(OC(C)C)/C(C#N)=C\c1c[nH]c2ccccc12. The second-order valence-corrected chi connectivity index (χ2v) is 7.64. The summed E-state index contributed by atoms with van der Waals surface area (Å²) in [5, 5.41) is 10.4. The lowest BCUT2D eigenvalue weighted by atomic mass is 10.1. The van der Waals surface area contributed by atoms with Crippen LogP contribution in [0.3, 0.4) is 0 Å². The highest BCUT2D eigenvalue weighted by atomic mass is 31.2. The molecule has 0 amide bonds. The first-order chi connectivity index (χ1) is 10.9. The summed E-state index contributed by atoms with van der Waals surface area (Å²) in [6, 6.07) is 9.70. The molecule has 5 nitrogen and oxygen atoms in total. The number of hydrogen-bond acceptors (Lipinski definition) is 4. The smallest absolute Gasteiger partial charge is 0.361 e. The number of H-pyrrole nitrogens is 1. The predicted octanol–water partition coefficient (Wildman–Crippen LogP) is 5.08. The molecule has 0 aliphatic rings. The van der Waals surface area contributed by atoms with E-state index in [1.807, 2.05) is 30.3 Å². The second-order valence-electron chi connectivity index (χ2n) is 5.74. The normalized spacial score (nSPS) is 13.0. The quantitative estimate of drug-likeness (QED) is 0.591. The number of hydrogen-bond donors (Lipinski definition) is 1. The van der Waals surface area contributed by atoms with Gasteiger partial charge in [0.1, 0.15) is 11.4 Å². The Bertz CT molecular complexity index is 786. The standard InChI is InChI=1S/C17H21N2O3P/c1-12(2)21-23(20,22-13(3)4)15(10-18)9-14-11-19-17-8-6-5-7-16(14)17/h5-9,11-13,19H,1-4H3/b15-9-. The van der Waals surface area contributed by atoms with Gasteiger partial charge in [-0.1, -0.05) is 18.2 Å². The summed E-state index contributed by atoms with van der Waals surface area (Å²) in [7, 11) is -3.67. The van der Waals surface area contributed by atoms with E-state index in [2.05, 4.69) is 4.98 Å². The molecule has 2 aromatic rings. The molecule has 0 fully saturated rings. The number of aromatic nitrogens is 1. The molecule has 0 aliphatic heterocycles. The first-order valence-electron chi connectivity index (χ1n) is 7.51. The van der Waals surface area contributed by atoms with Crippen molar-refractivity contribution in [2.75, 3.05) is 0 Å². The van der Waals surface area contributed by atoms with E-state index in [9.17, 15) is 9.83 Å². The fourth-order valence-corrected chi connectivity index (χ4v) is 4.03. The predicted molar refractivity (Wildman–Crippen MR) is 91.9 cm³/mol. The van der Waals surface area contributed by atoms with Crippen molar-refractivity contribution in [2.45, 2.75) is 39.9 Å². The van der Waals surface area contributed by atoms with Gasteiger partial charge in [0, 0.05) is 22.7 Å². The van der Waals surface area contributed by atoms with Crippen LogP contribution >= 0.6 is 7.60 Å². The summed E-state index contributed by atoms with van der Waals surface area (Å²) in [6.45, 7) is 7.04. The van der Waals surface area contributed by atoms with Crippen LogP contribution in [0.4, 0.5) is 0 Å². The summed E-state index contributed by atoms with van der Waals surface area (Å²) in [5.41, 5.74) is 1.72. The highest BCUT2D eigenvalue weighted by Crippen LogP contribution is 2.58. The molecule has 0 aliphatic carbocycles. The summed E-state index contributed by atoms with van der Waals surface area (Å²) in [4.78, 5) is 3.13. The summed E-state index contributed by atoms with van der Waals surface area (Å²) < 4.78 is 24.1. The minimum Gasteiger partial charge on any atom is -0.361 e. The minimum atomic E-state index is -3.67. The maximum atomic E-state index is 13.1. The van der Waals surface area contributed by atoms with Gasteiger partial charge in [-0.05, 0) is 39.8 Å². The van der Waals surface area contributed by atoms with Gasteiger partial charge in [0.15, 0.2) is 0 Å². The van der Waals surface area contributed by atoms with Crippen LogP contribution in [0.2, 0.25) is 0 Å². The molecule has 122 valence electrons. The van der Waals surface area contributed by atoms with E-state index in [1.54, 1.807) is 40.0 Å². The van der Waals surface area contributed by atoms with Crippen LogP contribution in [-0.2, 0) is 13.6 Å². The maximum absolute atomic E-state index is 13.1. The van der Waals surface area contributed by atoms with Gasteiger partial charge in [-0.2, -0.15) is 5.26 Å². The molecule has 0 unspecified atom stereocenters. The van der Waals surface area contributed by atoms with Gasteiger partial charge in [-0.25, -0.2) is 0 Å². The number of para-hydroxylation sites is 1. The first kappa shape index (κ1) is 17.5. The van der Waals surface area contributed by atoms with E-state index < -0.39 is 7.60 Å².